The minimum atomic E-state index is -0.365. The third-order valence-electron chi connectivity index (χ3n) is 2.01. The Morgan fingerprint density at radius 2 is 2.20 bits per heavy atom. The third kappa shape index (κ3) is 4.10. The normalized spacial score (nSPS) is 10.3. The predicted octanol–water partition coefficient (Wildman–Crippen LogP) is 2.47. The molecule has 0 radical (unpaired) electrons. The molecular formula is C11H12BrFO2. The highest BCUT2D eigenvalue weighted by Gasteiger charge is 2.08. The Labute approximate surface area is 96.2 Å². The summed E-state index contributed by atoms with van der Waals surface area (Å²) in [6.07, 6.45) is 0.822. The number of Topliss-reactive ketones (excluding diaryl/α,β-unsaturated/α-hetero) is 1. The van der Waals surface area contributed by atoms with Crippen LogP contribution in [0.3, 0.4) is 0 Å². The molecule has 1 rings (SSSR count). The Morgan fingerprint density at radius 1 is 1.47 bits per heavy atom. The summed E-state index contributed by atoms with van der Waals surface area (Å²) in [7, 11) is 0. The van der Waals surface area contributed by atoms with Gasteiger partial charge in [-0.1, -0.05) is 15.9 Å². The SMILES string of the molecule is O=C(CCCO)Cc1cc(Br)ccc1F. The van der Waals surface area contributed by atoms with Crippen molar-refractivity contribution in [3.8, 4) is 0 Å². The fraction of sp³-hybridized carbons (Fsp3) is 0.364. The van der Waals surface area contributed by atoms with Crippen molar-refractivity contribution in [3.05, 3.63) is 34.1 Å². The monoisotopic (exact) mass is 274 g/mol. The zero-order valence-corrected chi connectivity index (χ0v) is 9.76. The molecule has 1 aromatic carbocycles. The molecule has 1 N–H and O–H groups in total. The summed E-state index contributed by atoms with van der Waals surface area (Å²) in [4.78, 5) is 11.3. The number of halogens is 2. The van der Waals surface area contributed by atoms with E-state index in [0.29, 0.717) is 18.4 Å². The Hall–Kier alpha value is -0.740. The van der Waals surface area contributed by atoms with Crippen LogP contribution < -0.4 is 0 Å². The summed E-state index contributed by atoms with van der Waals surface area (Å²) >= 11 is 3.22. The van der Waals surface area contributed by atoms with Crippen molar-refractivity contribution in [2.24, 2.45) is 0 Å². The first kappa shape index (κ1) is 12.3. The molecule has 0 aromatic heterocycles. The average molecular weight is 275 g/mol. The maximum Gasteiger partial charge on any atom is 0.137 e. The smallest absolute Gasteiger partial charge is 0.137 e. The Balaban J connectivity index is 2.63. The molecular weight excluding hydrogens is 263 g/mol. The van der Waals surface area contributed by atoms with Gasteiger partial charge in [0.05, 0.1) is 0 Å². The van der Waals surface area contributed by atoms with Crippen LogP contribution in [0.1, 0.15) is 18.4 Å². The highest BCUT2D eigenvalue weighted by atomic mass is 79.9. The van der Waals surface area contributed by atoms with Crippen LogP contribution in [0, 0.1) is 5.82 Å². The van der Waals surface area contributed by atoms with Crippen LogP contribution >= 0.6 is 15.9 Å². The number of carbonyl (C=O) groups is 1. The fourth-order valence-corrected chi connectivity index (χ4v) is 1.66. The highest BCUT2D eigenvalue weighted by Crippen LogP contribution is 2.16. The first-order valence-corrected chi connectivity index (χ1v) is 5.49. The molecule has 0 unspecified atom stereocenters. The van der Waals surface area contributed by atoms with E-state index in [9.17, 15) is 9.18 Å². The van der Waals surface area contributed by atoms with Gasteiger partial charge in [0.15, 0.2) is 0 Å². The number of hydrogen-bond donors (Lipinski definition) is 1. The fourth-order valence-electron chi connectivity index (χ4n) is 1.26. The summed E-state index contributed by atoms with van der Waals surface area (Å²) < 4.78 is 14.0. The molecule has 0 heterocycles. The maximum atomic E-state index is 13.2. The number of rotatable bonds is 5. The third-order valence-corrected chi connectivity index (χ3v) is 2.50. The van der Waals surface area contributed by atoms with Gasteiger partial charge in [-0.3, -0.25) is 4.79 Å². The molecule has 0 aliphatic rings. The van der Waals surface area contributed by atoms with Gasteiger partial charge in [0.2, 0.25) is 0 Å². The van der Waals surface area contributed by atoms with Crippen molar-refractivity contribution in [2.75, 3.05) is 6.61 Å². The number of carbonyl (C=O) groups excluding carboxylic acids is 1. The van der Waals surface area contributed by atoms with Crippen molar-refractivity contribution in [2.45, 2.75) is 19.3 Å². The van der Waals surface area contributed by atoms with E-state index in [2.05, 4.69) is 15.9 Å². The minimum absolute atomic E-state index is 0.00724. The van der Waals surface area contributed by atoms with E-state index in [4.69, 9.17) is 5.11 Å². The summed E-state index contributed by atoms with van der Waals surface area (Å²) in [6.45, 7) is -0.00724. The lowest BCUT2D eigenvalue weighted by Crippen LogP contribution is -2.05. The van der Waals surface area contributed by atoms with Gasteiger partial charge in [0.25, 0.3) is 0 Å². The van der Waals surface area contributed by atoms with Gasteiger partial charge in [0.1, 0.15) is 11.6 Å². The average Bonchev–Trinajstić information content (AvgIpc) is 2.20. The number of hydrogen-bond acceptors (Lipinski definition) is 2. The molecule has 0 saturated heterocycles. The summed E-state index contributed by atoms with van der Waals surface area (Å²) in [6, 6.07) is 4.53. The molecule has 82 valence electrons. The van der Waals surface area contributed by atoms with Crippen molar-refractivity contribution in [3.63, 3.8) is 0 Å². The molecule has 0 aliphatic carbocycles. The van der Waals surface area contributed by atoms with Crippen LogP contribution in [-0.2, 0) is 11.2 Å². The lowest BCUT2D eigenvalue weighted by atomic mass is 10.1. The van der Waals surface area contributed by atoms with Gasteiger partial charge in [-0.15, -0.1) is 0 Å². The largest absolute Gasteiger partial charge is 0.396 e. The second kappa shape index (κ2) is 5.98. The molecule has 1 aromatic rings. The van der Waals surface area contributed by atoms with Crippen LogP contribution in [0.4, 0.5) is 4.39 Å². The van der Waals surface area contributed by atoms with E-state index in [1.165, 1.54) is 6.07 Å². The Morgan fingerprint density at radius 3 is 2.87 bits per heavy atom. The van der Waals surface area contributed by atoms with Gasteiger partial charge in [-0.25, -0.2) is 4.39 Å². The van der Waals surface area contributed by atoms with E-state index in [1.54, 1.807) is 12.1 Å². The van der Waals surface area contributed by atoms with Crippen molar-refractivity contribution >= 4 is 21.7 Å². The standard InChI is InChI=1S/C11H12BrFO2/c12-9-3-4-11(13)8(6-9)7-10(15)2-1-5-14/h3-4,6,14H,1-2,5,7H2. The Kier molecular flexibility index (Phi) is 4.91. The van der Waals surface area contributed by atoms with Crippen LogP contribution in [0.15, 0.2) is 22.7 Å². The molecule has 0 amide bonds. The van der Waals surface area contributed by atoms with E-state index in [0.717, 1.165) is 4.47 Å². The Bertz CT molecular complexity index is 352. The van der Waals surface area contributed by atoms with Crippen molar-refractivity contribution < 1.29 is 14.3 Å². The second-order valence-electron chi connectivity index (χ2n) is 3.28. The van der Waals surface area contributed by atoms with Crippen LogP contribution in [0.25, 0.3) is 0 Å². The van der Waals surface area contributed by atoms with Crippen molar-refractivity contribution in [1.29, 1.82) is 0 Å². The van der Waals surface area contributed by atoms with Gasteiger partial charge in [-0.05, 0) is 30.2 Å². The highest BCUT2D eigenvalue weighted by molar-refractivity contribution is 9.10. The molecule has 0 aliphatic heterocycles. The summed E-state index contributed by atoms with van der Waals surface area (Å²) in [5.74, 6) is -0.420. The lowest BCUT2D eigenvalue weighted by Gasteiger charge is -2.03. The summed E-state index contributed by atoms with van der Waals surface area (Å²) in [5.41, 5.74) is 0.396. The number of aliphatic hydroxyl groups is 1. The second-order valence-corrected chi connectivity index (χ2v) is 4.19. The first-order chi connectivity index (χ1) is 7.13. The van der Waals surface area contributed by atoms with E-state index < -0.39 is 0 Å². The first-order valence-electron chi connectivity index (χ1n) is 4.70. The lowest BCUT2D eigenvalue weighted by molar-refractivity contribution is -0.118. The topological polar surface area (TPSA) is 37.3 Å². The van der Waals surface area contributed by atoms with Crippen LogP contribution in [0.2, 0.25) is 0 Å². The van der Waals surface area contributed by atoms with E-state index >= 15 is 0 Å². The number of aliphatic hydroxyl groups excluding tert-OH is 1. The molecule has 0 bridgehead atoms. The molecule has 0 atom stereocenters. The predicted molar refractivity (Wildman–Crippen MR) is 59.1 cm³/mol. The van der Waals surface area contributed by atoms with E-state index in [1.807, 2.05) is 0 Å². The van der Waals surface area contributed by atoms with Gasteiger partial charge in [0, 0.05) is 23.9 Å². The zero-order chi connectivity index (χ0) is 11.3. The molecule has 2 nitrogen and oxygen atoms in total. The van der Waals surface area contributed by atoms with E-state index in [-0.39, 0.29) is 24.6 Å². The zero-order valence-electron chi connectivity index (χ0n) is 8.17. The number of ketones is 1. The molecule has 0 spiro atoms. The van der Waals surface area contributed by atoms with Crippen molar-refractivity contribution in [1.82, 2.24) is 0 Å². The maximum absolute atomic E-state index is 13.2. The molecule has 0 saturated carbocycles. The van der Waals surface area contributed by atoms with Gasteiger partial charge >= 0.3 is 0 Å². The van der Waals surface area contributed by atoms with Gasteiger partial charge < -0.3 is 5.11 Å². The van der Waals surface area contributed by atoms with Crippen LogP contribution in [0.5, 0.6) is 0 Å². The van der Waals surface area contributed by atoms with Crippen LogP contribution in [-0.4, -0.2) is 17.5 Å². The molecule has 15 heavy (non-hydrogen) atoms. The summed E-state index contributed by atoms with van der Waals surface area (Å²) in [5, 5.41) is 8.55. The molecule has 4 heteroatoms. The quantitative estimate of drug-likeness (QED) is 0.896. The minimum Gasteiger partial charge on any atom is -0.396 e. The van der Waals surface area contributed by atoms with Gasteiger partial charge in [-0.2, -0.15) is 0 Å². The number of benzene rings is 1. The molecule has 0 fully saturated rings.